The van der Waals surface area contributed by atoms with Gasteiger partial charge in [0.1, 0.15) is 18.0 Å². The Balaban J connectivity index is 1.47. The van der Waals surface area contributed by atoms with E-state index in [-0.39, 0.29) is 11.5 Å². The number of rotatable bonds is 8. The minimum Gasteiger partial charge on any atom is -0.491 e. The molecule has 0 saturated carbocycles. The molecule has 5 nitrogen and oxygen atoms in total. The number of carbonyl (C=O) groups is 1. The van der Waals surface area contributed by atoms with Gasteiger partial charge in [0.2, 0.25) is 5.91 Å². The molecule has 2 aromatic rings. The van der Waals surface area contributed by atoms with Crippen molar-refractivity contribution in [1.29, 1.82) is 0 Å². The molecule has 156 valence electrons. The van der Waals surface area contributed by atoms with Gasteiger partial charge in [0.25, 0.3) is 0 Å². The van der Waals surface area contributed by atoms with Crippen LogP contribution in [0.4, 0.5) is 0 Å². The van der Waals surface area contributed by atoms with Crippen LogP contribution in [-0.4, -0.2) is 49.8 Å². The summed E-state index contributed by atoms with van der Waals surface area (Å²) < 4.78 is 11.9. The second-order valence-corrected chi connectivity index (χ2v) is 7.88. The van der Waals surface area contributed by atoms with E-state index in [2.05, 4.69) is 29.3 Å². The van der Waals surface area contributed by atoms with E-state index in [9.17, 15) is 4.79 Å². The highest BCUT2D eigenvalue weighted by Gasteiger charge is 2.34. The number of nitrogens with zero attached hydrogens (tertiary/aromatic N) is 1. The fraction of sp³-hybridized carbons (Fsp3) is 0.458. The van der Waals surface area contributed by atoms with Crippen LogP contribution in [-0.2, 0) is 16.1 Å². The number of amides is 1. The van der Waals surface area contributed by atoms with Crippen molar-refractivity contribution in [3.8, 4) is 5.75 Å². The van der Waals surface area contributed by atoms with Gasteiger partial charge in [-0.05, 0) is 50.4 Å². The van der Waals surface area contributed by atoms with Crippen molar-refractivity contribution in [1.82, 2.24) is 10.2 Å². The largest absolute Gasteiger partial charge is 0.491 e. The Morgan fingerprint density at radius 3 is 2.55 bits per heavy atom. The molecule has 1 aliphatic rings. The molecule has 1 saturated heterocycles. The maximum Gasteiger partial charge on any atom is 0.234 e. The highest BCUT2D eigenvalue weighted by atomic mass is 16.5. The van der Waals surface area contributed by atoms with Crippen LogP contribution in [0.5, 0.6) is 5.75 Å². The average Bonchev–Trinajstić information content (AvgIpc) is 2.95. The number of aryl methyl sites for hydroxylation is 1. The third-order valence-electron chi connectivity index (χ3n) is 5.65. The van der Waals surface area contributed by atoms with Gasteiger partial charge < -0.3 is 14.8 Å². The Hall–Kier alpha value is -2.37. The van der Waals surface area contributed by atoms with Gasteiger partial charge in [0, 0.05) is 20.2 Å². The standard InChI is InChI=1S/C24H32N2O3/c1-20-9-11-22(12-10-20)29-19-24(28-2)13-6-15-26(16-14-24)18-23(27)25-17-21-7-4-3-5-8-21/h3-5,7-12H,6,13-19H2,1-2H3,(H,25,27). The molecule has 29 heavy (non-hydrogen) atoms. The Morgan fingerprint density at radius 1 is 1.07 bits per heavy atom. The molecule has 1 N–H and O–H groups in total. The summed E-state index contributed by atoms with van der Waals surface area (Å²) in [5.41, 5.74) is 2.03. The lowest BCUT2D eigenvalue weighted by atomic mass is 9.95. The Labute approximate surface area is 174 Å². The highest BCUT2D eigenvalue weighted by molar-refractivity contribution is 5.78. The summed E-state index contributed by atoms with van der Waals surface area (Å²) in [7, 11) is 1.76. The van der Waals surface area contributed by atoms with Crippen LogP contribution in [0, 0.1) is 6.92 Å². The van der Waals surface area contributed by atoms with Crippen molar-refractivity contribution in [2.75, 3.05) is 33.4 Å². The van der Waals surface area contributed by atoms with Crippen LogP contribution in [0.15, 0.2) is 54.6 Å². The number of ether oxygens (including phenoxy) is 2. The van der Waals surface area contributed by atoms with E-state index in [0.29, 0.717) is 19.7 Å². The van der Waals surface area contributed by atoms with Crippen molar-refractivity contribution in [2.45, 2.75) is 38.3 Å². The van der Waals surface area contributed by atoms with E-state index < -0.39 is 0 Å². The molecule has 5 heteroatoms. The summed E-state index contributed by atoms with van der Waals surface area (Å²) >= 11 is 0. The summed E-state index contributed by atoms with van der Waals surface area (Å²) in [4.78, 5) is 14.6. The fourth-order valence-electron chi connectivity index (χ4n) is 3.69. The van der Waals surface area contributed by atoms with Gasteiger partial charge in [-0.2, -0.15) is 0 Å². The average molecular weight is 397 g/mol. The van der Waals surface area contributed by atoms with Crippen LogP contribution in [0.3, 0.4) is 0 Å². The van der Waals surface area contributed by atoms with Gasteiger partial charge in [-0.25, -0.2) is 0 Å². The molecular weight excluding hydrogens is 364 g/mol. The summed E-state index contributed by atoms with van der Waals surface area (Å²) in [6.07, 6.45) is 2.76. The van der Waals surface area contributed by atoms with Crippen molar-refractivity contribution in [3.63, 3.8) is 0 Å². The molecule has 0 aromatic heterocycles. The predicted octanol–water partition coefficient (Wildman–Crippen LogP) is 3.56. The SMILES string of the molecule is COC1(COc2ccc(C)cc2)CCCN(CC(=O)NCc2ccccc2)CC1. The van der Waals surface area contributed by atoms with E-state index in [4.69, 9.17) is 9.47 Å². The van der Waals surface area contributed by atoms with E-state index in [1.807, 2.05) is 42.5 Å². The molecule has 1 heterocycles. The number of carbonyl (C=O) groups excluding carboxylic acids is 1. The fourth-order valence-corrected chi connectivity index (χ4v) is 3.69. The smallest absolute Gasteiger partial charge is 0.234 e. The molecule has 1 aliphatic heterocycles. The number of hydrogen-bond acceptors (Lipinski definition) is 4. The second-order valence-electron chi connectivity index (χ2n) is 7.88. The van der Waals surface area contributed by atoms with Crippen molar-refractivity contribution in [2.24, 2.45) is 0 Å². The first kappa shape index (κ1) is 21.3. The topological polar surface area (TPSA) is 50.8 Å². The first-order chi connectivity index (χ1) is 14.1. The molecule has 1 atom stereocenters. The predicted molar refractivity (Wildman–Crippen MR) is 115 cm³/mol. The van der Waals surface area contributed by atoms with E-state index in [1.165, 1.54) is 5.56 Å². The van der Waals surface area contributed by atoms with Crippen molar-refractivity contribution < 1.29 is 14.3 Å². The quantitative estimate of drug-likeness (QED) is 0.741. The van der Waals surface area contributed by atoms with E-state index in [1.54, 1.807) is 7.11 Å². The summed E-state index contributed by atoms with van der Waals surface area (Å²) in [5, 5.41) is 3.02. The van der Waals surface area contributed by atoms with Gasteiger partial charge in [-0.1, -0.05) is 48.0 Å². The zero-order chi connectivity index (χ0) is 20.5. The van der Waals surface area contributed by atoms with E-state index >= 15 is 0 Å². The maximum atomic E-state index is 12.4. The summed E-state index contributed by atoms with van der Waals surface area (Å²) in [6, 6.07) is 18.1. The van der Waals surface area contributed by atoms with Gasteiger partial charge in [0.05, 0.1) is 6.54 Å². The zero-order valence-corrected chi connectivity index (χ0v) is 17.5. The van der Waals surface area contributed by atoms with E-state index in [0.717, 1.165) is 43.7 Å². The lowest BCUT2D eigenvalue weighted by Gasteiger charge is -2.31. The van der Waals surface area contributed by atoms with Crippen molar-refractivity contribution >= 4 is 5.91 Å². The number of likely N-dealkylation sites (tertiary alicyclic amines) is 1. The van der Waals surface area contributed by atoms with Crippen molar-refractivity contribution in [3.05, 3.63) is 65.7 Å². The Kier molecular flexibility index (Phi) is 7.67. The molecular formula is C24H32N2O3. The van der Waals surface area contributed by atoms with Crippen LogP contribution in [0.25, 0.3) is 0 Å². The van der Waals surface area contributed by atoms with Crippen LogP contribution >= 0.6 is 0 Å². The first-order valence-corrected chi connectivity index (χ1v) is 10.4. The molecule has 0 aliphatic carbocycles. The number of benzene rings is 2. The number of methoxy groups -OCH3 is 1. The Bertz CT molecular complexity index is 763. The Morgan fingerprint density at radius 2 is 1.83 bits per heavy atom. The summed E-state index contributed by atoms with van der Waals surface area (Å²) in [5.74, 6) is 0.933. The van der Waals surface area contributed by atoms with Gasteiger partial charge in [-0.3, -0.25) is 9.69 Å². The molecule has 3 rings (SSSR count). The molecule has 1 unspecified atom stereocenters. The van der Waals surface area contributed by atoms with Crippen LogP contribution < -0.4 is 10.1 Å². The van der Waals surface area contributed by atoms with Crippen LogP contribution in [0.1, 0.15) is 30.4 Å². The molecule has 1 amide bonds. The van der Waals surface area contributed by atoms with Gasteiger partial charge in [0.15, 0.2) is 0 Å². The maximum absolute atomic E-state index is 12.4. The molecule has 0 bridgehead atoms. The molecule has 2 aromatic carbocycles. The number of nitrogens with one attached hydrogen (secondary N) is 1. The third kappa shape index (κ3) is 6.58. The molecule has 0 spiro atoms. The normalized spacial score (nSPS) is 20.1. The third-order valence-corrected chi connectivity index (χ3v) is 5.65. The lowest BCUT2D eigenvalue weighted by Crippen LogP contribution is -2.41. The second kappa shape index (κ2) is 10.4. The highest BCUT2D eigenvalue weighted by Crippen LogP contribution is 2.27. The molecule has 1 fully saturated rings. The van der Waals surface area contributed by atoms with Gasteiger partial charge in [-0.15, -0.1) is 0 Å². The lowest BCUT2D eigenvalue weighted by molar-refractivity contribution is -0.122. The van der Waals surface area contributed by atoms with Gasteiger partial charge >= 0.3 is 0 Å². The monoisotopic (exact) mass is 396 g/mol. The van der Waals surface area contributed by atoms with Crippen LogP contribution in [0.2, 0.25) is 0 Å². The minimum absolute atomic E-state index is 0.0645. The zero-order valence-electron chi connectivity index (χ0n) is 17.5. The first-order valence-electron chi connectivity index (χ1n) is 10.4. The molecule has 0 radical (unpaired) electrons. The number of hydrogen-bond donors (Lipinski definition) is 1. The minimum atomic E-state index is -0.305. The summed E-state index contributed by atoms with van der Waals surface area (Å²) in [6.45, 7) is 5.31.